The van der Waals surface area contributed by atoms with E-state index in [9.17, 15) is 0 Å². The van der Waals surface area contributed by atoms with E-state index in [0.717, 1.165) is 13.2 Å². The first-order valence-electron chi connectivity index (χ1n) is 4.59. The van der Waals surface area contributed by atoms with Gasteiger partial charge in [-0.25, -0.2) is 0 Å². The number of hydrogen-bond donors (Lipinski definition) is 2. The van der Waals surface area contributed by atoms with E-state index in [1.807, 2.05) is 0 Å². The summed E-state index contributed by atoms with van der Waals surface area (Å²) in [7, 11) is 0. The van der Waals surface area contributed by atoms with Gasteiger partial charge < -0.3 is 10.5 Å². The van der Waals surface area contributed by atoms with Crippen molar-refractivity contribution in [3.05, 3.63) is 11.1 Å². The Kier molecular flexibility index (Phi) is 3.28. The Labute approximate surface area is 93.8 Å². The molecule has 2 N–H and O–H groups in total. The quantitative estimate of drug-likeness (QED) is 0.651. The molecule has 0 bridgehead atoms. The van der Waals surface area contributed by atoms with Crippen molar-refractivity contribution in [2.75, 3.05) is 19.8 Å². The number of allylic oxidation sites excluding steroid dienone is 1. The Bertz CT molecular complexity index is 249. The molecule has 6 heteroatoms. The lowest BCUT2D eigenvalue weighted by Gasteiger charge is -2.42. The number of nitrogens with zero attached hydrogens (tertiary/aromatic N) is 2. The second-order valence-corrected chi connectivity index (χ2v) is 5.16. The van der Waals surface area contributed by atoms with Crippen LogP contribution in [0.1, 0.15) is 6.92 Å². The van der Waals surface area contributed by atoms with Gasteiger partial charge in [-0.3, -0.25) is 5.01 Å². The molecule has 2 aliphatic rings. The lowest BCUT2D eigenvalue weighted by molar-refractivity contribution is -0.103. The van der Waals surface area contributed by atoms with Crippen LogP contribution in [0.3, 0.4) is 0 Å². The third-order valence-corrected chi connectivity index (χ3v) is 3.85. The lowest BCUT2D eigenvalue weighted by Crippen LogP contribution is -2.58. The summed E-state index contributed by atoms with van der Waals surface area (Å²) < 4.78 is 5.45. The predicted molar refractivity (Wildman–Crippen MR) is 61.5 cm³/mol. The molecule has 2 atom stereocenters. The molecule has 0 amide bonds. The minimum absolute atomic E-state index is 0.0551. The highest BCUT2D eigenvalue weighted by molar-refractivity contribution is 8.12. The lowest BCUT2D eigenvalue weighted by atomic mass is 10.4. The Morgan fingerprint density at radius 2 is 2.50 bits per heavy atom. The highest BCUT2D eigenvalue weighted by atomic mass is 32.2. The molecule has 14 heavy (non-hydrogen) atoms. The molecule has 1 saturated heterocycles. The van der Waals surface area contributed by atoms with Crippen molar-refractivity contribution in [1.29, 1.82) is 0 Å². The van der Waals surface area contributed by atoms with Crippen molar-refractivity contribution >= 4 is 24.4 Å². The van der Waals surface area contributed by atoms with Crippen LogP contribution in [0.2, 0.25) is 0 Å². The Morgan fingerprint density at radius 1 is 1.71 bits per heavy atom. The molecular formula is C8H15N3OS2. The van der Waals surface area contributed by atoms with Gasteiger partial charge in [-0.05, 0) is 12.3 Å². The average Bonchev–Trinajstić information content (AvgIpc) is 2.48. The maximum absolute atomic E-state index is 5.97. The number of thioether (sulfide) groups is 1. The molecule has 2 unspecified atom stereocenters. The smallest absolute Gasteiger partial charge is 0.137 e. The number of hydrazine groups is 1. The monoisotopic (exact) mass is 233 g/mol. The minimum Gasteiger partial charge on any atom is -0.377 e. The van der Waals surface area contributed by atoms with Crippen LogP contribution in [0, 0.1) is 0 Å². The molecule has 2 heterocycles. The molecule has 0 aromatic carbocycles. The van der Waals surface area contributed by atoms with E-state index < -0.39 is 0 Å². The summed E-state index contributed by atoms with van der Waals surface area (Å²) >= 11 is 6.20. The summed E-state index contributed by atoms with van der Waals surface area (Å²) in [5.74, 6) is 0. The number of hydrogen-bond acceptors (Lipinski definition) is 6. The first-order chi connectivity index (χ1) is 6.70. The van der Waals surface area contributed by atoms with Crippen LogP contribution in [0.15, 0.2) is 11.1 Å². The Balaban J connectivity index is 2.08. The van der Waals surface area contributed by atoms with Gasteiger partial charge in [-0.1, -0.05) is 11.8 Å². The molecule has 0 spiro atoms. The highest BCUT2D eigenvalue weighted by Gasteiger charge is 2.32. The number of rotatable bonds is 1. The van der Waals surface area contributed by atoms with Crippen LogP contribution in [0.4, 0.5) is 0 Å². The number of nitrogens with two attached hydrogens (primary N) is 1. The van der Waals surface area contributed by atoms with Crippen molar-refractivity contribution in [2.45, 2.75) is 17.8 Å². The summed E-state index contributed by atoms with van der Waals surface area (Å²) in [6.07, 6.45) is -0.0551. The van der Waals surface area contributed by atoms with Gasteiger partial charge in [0.25, 0.3) is 0 Å². The zero-order valence-electron chi connectivity index (χ0n) is 8.09. The van der Waals surface area contributed by atoms with E-state index in [4.69, 9.17) is 10.5 Å². The normalized spacial score (nSPS) is 34.8. The largest absolute Gasteiger partial charge is 0.377 e. The zero-order chi connectivity index (χ0) is 10.1. The van der Waals surface area contributed by atoms with Gasteiger partial charge in [-0.2, -0.15) is 5.01 Å². The molecule has 4 nitrogen and oxygen atoms in total. The number of thiol groups is 1. The van der Waals surface area contributed by atoms with Gasteiger partial charge in [0, 0.05) is 12.2 Å². The van der Waals surface area contributed by atoms with Gasteiger partial charge in [0.1, 0.15) is 4.71 Å². The molecule has 0 aliphatic carbocycles. The molecule has 2 aliphatic heterocycles. The minimum atomic E-state index is -0.0551. The first kappa shape index (κ1) is 10.6. The zero-order valence-corrected chi connectivity index (χ0v) is 9.80. The molecule has 1 fully saturated rings. The van der Waals surface area contributed by atoms with Crippen molar-refractivity contribution in [3.8, 4) is 0 Å². The van der Waals surface area contributed by atoms with E-state index in [-0.39, 0.29) is 10.9 Å². The second kappa shape index (κ2) is 4.32. The molecule has 2 rings (SSSR count). The van der Waals surface area contributed by atoms with E-state index >= 15 is 0 Å². The summed E-state index contributed by atoms with van der Waals surface area (Å²) in [6, 6.07) is 0. The SMILES string of the molecule is CC1=CSC(S)N1N1CCOCC1N. The molecule has 0 saturated carbocycles. The van der Waals surface area contributed by atoms with E-state index in [2.05, 4.69) is 35.0 Å². The number of ether oxygens (including phenoxy) is 1. The number of morpholine rings is 1. The fourth-order valence-corrected chi connectivity index (χ4v) is 2.98. The van der Waals surface area contributed by atoms with Crippen molar-refractivity contribution in [3.63, 3.8) is 0 Å². The molecule has 0 aromatic heterocycles. The molecule has 0 radical (unpaired) electrons. The van der Waals surface area contributed by atoms with E-state index in [1.165, 1.54) is 5.70 Å². The Hall–Kier alpha value is 0.120. The summed E-state index contributed by atoms with van der Waals surface area (Å²) in [5, 5.41) is 6.38. The van der Waals surface area contributed by atoms with Gasteiger partial charge in [0.15, 0.2) is 0 Å². The molecule has 80 valence electrons. The fourth-order valence-electron chi connectivity index (χ4n) is 1.66. The Morgan fingerprint density at radius 3 is 3.07 bits per heavy atom. The average molecular weight is 233 g/mol. The van der Waals surface area contributed by atoms with E-state index in [1.54, 1.807) is 11.8 Å². The standard InChI is InChI=1S/C8H15N3OS2/c1-6-5-14-8(13)11(6)10-2-3-12-4-7(10)9/h5,7-8,13H,2-4,9H2,1H3. The van der Waals surface area contributed by atoms with Gasteiger partial charge in [0.05, 0.1) is 19.4 Å². The molecule has 0 aromatic rings. The summed E-state index contributed by atoms with van der Waals surface area (Å²) in [4.78, 5) is 0. The maximum Gasteiger partial charge on any atom is 0.137 e. The van der Waals surface area contributed by atoms with Gasteiger partial charge in [-0.15, -0.1) is 12.6 Å². The van der Waals surface area contributed by atoms with E-state index in [0.29, 0.717) is 6.61 Å². The van der Waals surface area contributed by atoms with Gasteiger partial charge in [0.2, 0.25) is 0 Å². The van der Waals surface area contributed by atoms with Crippen LogP contribution in [-0.2, 0) is 4.74 Å². The van der Waals surface area contributed by atoms with Crippen LogP contribution in [0.5, 0.6) is 0 Å². The van der Waals surface area contributed by atoms with Crippen molar-refractivity contribution < 1.29 is 4.74 Å². The second-order valence-electron chi connectivity index (χ2n) is 3.37. The fraction of sp³-hybridized carbons (Fsp3) is 0.750. The summed E-state index contributed by atoms with van der Waals surface area (Å²) in [5.41, 5.74) is 7.17. The van der Waals surface area contributed by atoms with Gasteiger partial charge >= 0.3 is 0 Å². The maximum atomic E-state index is 5.97. The predicted octanol–water partition coefficient (Wildman–Crippen LogP) is 0.642. The van der Waals surface area contributed by atoms with Crippen LogP contribution in [0.25, 0.3) is 0 Å². The van der Waals surface area contributed by atoms with Crippen LogP contribution < -0.4 is 5.73 Å². The van der Waals surface area contributed by atoms with Crippen molar-refractivity contribution in [1.82, 2.24) is 10.0 Å². The highest BCUT2D eigenvalue weighted by Crippen LogP contribution is 2.34. The van der Waals surface area contributed by atoms with Crippen LogP contribution >= 0.6 is 24.4 Å². The summed E-state index contributed by atoms with van der Waals surface area (Å²) in [6.45, 7) is 4.24. The van der Waals surface area contributed by atoms with Crippen molar-refractivity contribution in [2.24, 2.45) is 5.73 Å². The third-order valence-electron chi connectivity index (χ3n) is 2.34. The topological polar surface area (TPSA) is 41.7 Å². The first-order valence-corrected chi connectivity index (χ1v) is 6.05. The molecular weight excluding hydrogens is 218 g/mol. The third kappa shape index (κ3) is 1.90. The van der Waals surface area contributed by atoms with Crippen LogP contribution in [-0.4, -0.2) is 40.6 Å².